The number of para-hydroxylation sites is 2. The topological polar surface area (TPSA) is 78.1 Å². The van der Waals surface area contributed by atoms with Crippen LogP contribution in [0.5, 0.6) is 23.0 Å². The van der Waals surface area contributed by atoms with Gasteiger partial charge in [0.05, 0.1) is 27.3 Å². The number of carbonyl (C=O) groups excluding carboxylic acids is 1. The zero-order chi connectivity index (χ0) is 18.6. The summed E-state index contributed by atoms with van der Waals surface area (Å²) in [5.41, 5.74) is 0. The number of rotatable bonds is 10. The van der Waals surface area contributed by atoms with Crippen LogP contribution < -0.4 is 29.6 Å². The zero-order valence-electron chi connectivity index (χ0n) is 15.0. The first-order valence-corrected chi connectivity index (χ1v) is 8.27. The van der Waals surface area contributed by atoms with Crippen molar-refractivity contribution in [3.8, 4) is 23.0 Å². The molecule has 2 aromatic carbocycles. The summed E-state index contributed by atoms with van der Waals surface area (Å²) in [6.07, 6.45) is 0. The van der Waals surface area contributed by atoms with E-state index in [-0.39, 0.29) is 6.03 Å². The van der Waals surface area contributed by atoms with E-state index in [1.807, 2.05) is 48.5 Å². The Hall–Kier alpha value is -3.09. The van der Waals surface area contributed by atoms with Crippen molar-refractivity contribution in [1.82, 2.24) is 10.6 Å². The van der Waals surface area contributed by atoms with Crippen LogP contribution in [-0.4, -0.2) is 46.6 Å². The monoisotopic (exact) mass is 360 g/mol. The van der Waals surface area contributed by atoms with Gasteiger partial charge in [0.1, 0.15) is 24.7 Å². The van der Waals surface area contributed by atoms with Crippen molar-refractivity contribution >= 4 is 6.03 Å². The van der Waals surface area contributed by atoms with Gasteiger partial charge in [-0.25, -0.2) is 4.79 Å². The Morgan fingerprint density at radius 1 is 0.769 bits per heavy atom. The van der Waals surface area contributed by atoms with Crippen molar-refractivity contribution in [2.75, 3.05) is 40.5 Å². The molecule has 0 heterocycles. The van der Waals surface area contributed by atoms with Gasteiger partial charge in [-0.3, -0.25) is 0 Å². The van der Waals surface area contributed by atoms with Gasteiger partial charge in [-0.15, -0.1) is 0 Å². The first-order valence-electron chi connectivity index (χ1n) is 8.27. The number of nitrogens with one attached hydrogen (secondary N) is 2. The molecule has 0 radical (unpaired) electrons. The minimum Gasteiger partial charge on any atom is -0.497 e. The lowest BCUT2D eigenvalue weighted by Gasteiger charge is -2.11. The van der Waals surface area contributed by atoms with E-state index in [1.165, 1.54) is 0 Å². The highest BCUT2D eigenvalue weighted by atomic mass is 16.5. The van der Waals surface area contributed by atoms with E-state index >= 15 is 0 Å². The predicted octanol–water partition coefficient (Wildman–Crippen LogP) is 2.46. The van der Waals surface area contributed by atoms with E-state index in [2.05, 4.69) is 10.6 Å². The molecule has 0 saturated carbocycles. The molecule has 2 amide bonds. The summed E-state index contributed by atoms with van der Waals surface area (Å²) in [4.78, 5) is 11.7. The van der Waals surface area contributed by atoms with Crippen molar-refractivity contribution in [3.63, 3.8) is 0 Å². The quantitative estimate of drug-likeness (QED) is 0.637. The molecule has 7 heteroatoms. The molecule has 2 rings (SSSR count). The molecule has 0 atom stereocenters. The summed E-state index contributed by atoms with van der Waals surface area (Å²) < 4.78 is 21.4. The smallest absolute Gasteiger partial charge is 0.315 e. The second-order valence-electron chi connectivity index (χ2n) is 5.21. The number of carbonyl (C=O) groups is 1. The van der Waals surface area contributed by atoms with Gasteiger partial charge >= 0.3 is 6.03 Å². The average Bonchev–Trinajstić information content (AvgIpc) is 2.69. The van der Waals surface area contributed by atoms with Crippen LogP contribution in [0, 0.1) is 0 Å². The highest BCUT2D eigenvalue weighted by Gasteiger charge is 2.03. The molecule has 0 spiro atoms. The van der Waals surface area contributed by atoms with E-state index in [9.17, 15) is 4.79 Å². The van der Waals surface area contributed by atoms with Crippen LogP contribution in [0.3, 0.4) is 0 Å². The Kier molecular flexibility index (Phi) is 7.92. The predicted molar refractivity (Wildman–Crippen MR) is 98.4 cm³/mol. The summed E-state index contributed by atoms with van der Waals surface area (Å²) in [7, 11) is 3.20. The fourth-order valence-electron chi connectivity index (χ4n) is 2.13. The summed E-state index contributed by atoms with van der Waals surface area (Å²) in [5.74, 6) is 2.79. The Morgan fingerprint density at radius 3 is 1.96 bits per heavy atom. The molecule has 0 bridgehead atoms. The van der Waals surface area contributed by atoms with E-state index in [1.54, 1.807) is 14.2 Å². The van der Waals surface area contributed by atoms with Gasteiger partial charge in [0.2, 0.25) is 0 Å². The van der Waals surface area contributed by atoms with E-state index in [0.29, 0.717) is 37.8 Å². The molecule has 0 aliphatic carbocycles. The van der Waals surface area contributed by atoms with Crippen LogP contribution in [0.25, 0.3) is 0 Å². The molecule has 0 aliphatic heterocycles. The largest absolute Gasteiger partial charge is 0.497 e. The maximum atomic E-state index is 11.7. The zero-order valence-corrected chi connectivity index (χ0v) is 15.0. The molecule has 0 aliphatic rings. The van der Waals surface area contributed by atoms with Gasteiger partial charge in [-0.2, -0.15) is 0 Å². The summed E-state index contributed by atoms with van der Waals surface area (Å²) in [6, 6.07) is 14.4. The summed E-state index contributed by atoms with van der Waals surface area (Å²) in [6.45, 7) is 1.49. The molecule has 2 N–H and O–H groups in total. The molecule has 0 fully saturated rings. The molecule has 140 valence electrons. The Bertz CT molecular complexity index is 676. The van der Waals surface area contributed by atoms with Crippen LogP contribution in [0.4, 0.5) is 4.79 Å². The fraction of sp³-hybridized carbons (Fsp3) is 0.316. The van der Waals surface area contributed by atoms with Crippen molar-refractivity contribution in [2.24, 2.45) is 0 Å². The van der Waals surface area contributed by atoms with Crippen LogP contribution in [0.15, 0.2) is 48.5 Å². The number of ether oxygens (including phenoxy) is 4. The molecule has 0 aromatic heterocycles. The van der Waals surface area contributed by atoms with Gasteiger partial charge in [0.25, 0.3) is 0 Å². The summed E-state index contributed by atoms with van der Waals surface area (Å²) in [5, 5.41) is 5.43. The number of methoxy groups -OCH3 is 2. The third-order valence-corrected chi connectivity index (χ3v) is 3.43. The first kappa shape index (κ1) is 19.2. The fourth-order valence-corrected chi connectivity index (χ4v) is 2.13. The van der Waals surface area contributed by atoms with E-state index < -0.39 is 0 Å². The Morgan fingerprint density at radius 2 is 1.35 bits per heavy atom. The lowest BCUT2D eigenvalue weighted by atomic mass is 10.3. The second kappa shape index (κ2) is 10.7. The number of hydrogen-bond donors (Lipinski definition) is 2. The SMILES string of the molecule is COc1ccc(OCCNC(=O)NCCOc2ccccc2OC)cc1. The van der Waals surface area contributed by atoms with E-state index in [4.69, 9.17) is 18.9 Å². The molecular weight excluding hydrogens is 336 g/mol. The number of benzene rings is 2. The van der Waals surface area contributed by atoms with Crippen LogP contribution in [-0.2, 0) is 0 Å². The maximum absolute atomic E-state index is 11.7. The third-order valence-electron chi connectivity index (χ3n) is 3.43. The van der Waals surface area contributed by atoms with Crippen molar-refractivity contribution in [3.05, 3.63) is 48.5 Å². The molecule has 0 saturated heterocycles. The number of hydrogen-bond acceptors (Lipinski definition) is 5. The lowest BCUT2D eigenvalue weighted by molar-refractivity contribution is 0.231. The van der Waals surface area contributed by atoms with Gasteiger partial charge in [-0.1, -0.05) is 12.1 Å². The molecule has 7 nitrogen and oxygen atoms in total. The Balaban J connectivity index is 1.56. The minimum atomic E-state index is -0.271. The highest BCUT2D eigenvalue weighted by molar-refractivity contribution is 5.73. The maximum Gasteiger partial charge on any atom is 0.315 e. The van der Waals surface area contributed by atoms with Crippen LogP contribution in [0.1, 0.15) is 0 Å². The van der Waals surface area contributed by atoms with E-state index in [0.717, 1.165) is 11.5 Å². The molecule has 26 heavy (non-hydrogen) atoms. The van der Waals surface area contributed by atoms with Gasteiger partial charge in [0.15, 0.2) is 11.5 Å². The van der Waals surface area contributed by atoms with Crippen LogP contribution >= 0.6 is 0 Å². The van der Waals surface area contributed by atoms with Gasteiger partial charge < -0.3 is 29.6 Å². The summed E-state index contributed by atoms with van der Waals surface area (Å²) >= 11 is 0. The molecule has 2 aromatic rings. The number of urea groups is 1. The minimum absolute atomic E-state index is 0.271. The van der Waals surface area contributed by atoms with Crippen LogP contribution in [0.2, 0.25) is 0 Å². The van der Waals surface area contributed by atoms with Gasteiger partial charge in [-0.05, 0) is 36.4 Å². The van der Waals surface area contributed by atoms with Crippen molar-refractivity contribution in [1.29, 1.82) is 0 Å². The second-order valence-corrected chi connectivity index (χ2v) is 5.21. The first-order chi connectivity index (χ1) is 12.7. The molecule has 0 unspecified atom stereocenters. The Labute approximate surface area is 153 Å². The highest BCUT2D eigenvalue weighted by Crippen LogP contribution is 2.25. The standard InChI is InChI=1S/C19H24N2O5/c1-23-15-7-9-16(10-8-15)25-13-11-20-19(22)21-12-14-26-18-6-4-3-5-17(18)24-2/h3-10H,11-14H2,1-2H3,(H2,20,21,22). The lowest BCUT2D eigenvalue weighted by Crippen LogP contribution is -2.39. The normalized spacial score (nSPS) is 9.92. The van der Waals surface area contributed by atoms with Crippen molar-refractivity contribution in [2.45, 2.75) is 0 Å². The third kappa shape index (κ3) is 6.43. The molecular formula is C19H24N2O5. The van der Waals surface area contributed by atoms with Crippen molar-refractivity contribution < 1.29 is 23.7 Å². The average molecular weight is 360 g/mol. The number of amides is 2. The van der Waals surface area contributed by atoms with Gasteiger partial charge in [0, 0.05) is 0 Å².